The first kappa shape index (κ1) is 21.0. The van der Waals surface area contributed by atoms with E-state index in [1.807, 2.05) is 25.1 Å². The fourth-order valence-electron chi connectivity index (χ4n) is 1.89. The van der Waals surface area contributed by atoms with E-state index in [-0.39, 0.29) is 12.4 Å². The van der Waals surface area contributed by atoms with Gasteiger partial charge in [-0.2, -0.15) is 0 Å². The summed E-state index contributed by atoms with van der Waals surface area (Å²) in [5.74, 6) is 1.90. The van der Waals surface area contributed by atoms with Gasteiger partial charge in [-0.3, -0.25) is 4.99 Å². The monoisotopic (exact) mass is 373 g/mol. The SMILES string of the molecule is CCOc1cc(NC(=NC)NCCOCCS(C)(=O)=O)ccc1OC. The average molecular weight is 373 g/mol. The molecular formula is C16H27N3O5S. The molecule has 0 spiro atoms. The highest BCUT2D eigenvalue weighted by Gasteiger charge is 2.07. The molecule has 0 bridgehead atoms. The molecular weight excluding hydrogens is 346 g/mol. The van der Waals surface area contributed by atoms with Gasteiger partial charge in [-0.15, -0.1) is 0 Å². The van der Waals surface area contributed by atoms with Crippen molar-refractivity contribution in [2.75, 3.05) is 57.8 Å². The first-order valence-electron chi connectivity index (χ1n) is 7.93. The summed E-state index contributed by atoms with van der Waals surface area (Å²) in [5.41, 5.74) is 0.801. The molecule has 8 nitrogen and oxygen atoms in total. The molecule has 0 aromatic heterocycles. The van der Waals surface area contributed by atoms with Crippen LogP contribution in [0.4, 0.5) is 5.69 Å². The molecule has 25 heavy (non-hydrogen) atoms. The highest BCUT2D eigenvalue weighted by molar-refractivity contribution is 7.90. The zero-order valence-electron chi connectivity index (χ0n) is 15.2. The van der Waals surface area contributed by atoms with Crippen molar-refractivity contribution in [3.63, 3.8) is 0 Å². The van der Waals surface area contributed by atoms with Crippen LogP contribution in [0.2, 0.25) is 0 Å². The molecule has 0 aliphatic carbocycles. The van der Waals surface area contributed by atoms with Crippen molar-refractivity contribution in [2.24, 2.45) is 4.99 Å². The summed E-state index contributed by atoms with van der Waals surface area (Å²) < 4.78 is 38.1. The minimum Gasteiger partial charge on any atom is -0.493 e. The summed E-state index contributed by atoms with van der Waals surface area (Å²) in [6.45, 7) is 3.51. The van der Waals surface area contributed by atoms with Gasteiger partial charge >= 0.3 is 0 Å². The van der Waals surface area contributed by atoms with Crippen LogP contribution in [0.25, 0.3) is 0 Å². The number of nitrogens with one attached hydrogen (secondary N) is 2. The molecule has 0 atom stereocenters. The molecule has 0 radical (unpaired) electrons. The molecule has 0 aliphatic rings. The van der Waals surface area contributed by atoms with Crippen LogP contribution in [-0.2, 0) is 14.6 Å². The Kier molecular flexibility index (Phi) is 9.07. The van der Waals surface area contributed by atoms with Crippen LogP contribution in [0, 0.1) is 0 Å². The minimum atomic E-state index is -2.99. The van der Waals surface area contributed by atoms with Crippen molar-refractivity contribution in [1.82, 2.24) is 5.32 Å². The summed E-state index contributed by atoms with van der Waals surface area (Å²) >= 11 is 0. The predicted molar refractivity (Wildman–Crippen MR) is 99.7 cm³/mol. The molecule has 0 aliphatic heterocycles. The number of anilines is 1. The van der Waals surface area contributed by atoms with Gasteiger partial charge in [0.05, 0.1) is 32.7 Å². The van der Waals surface area contributed by atoms with E-state index in [2.05, 4.69) is 15.6 Å². The van der Waals surface area contributed by atoms with Gasteiger partial charge in [0.2, 0.25) is 0 Å². The van der Waals surface area contributed by atoms with Crippen LogP contribution in [0.1, 0.15) is 6.92 Å². The quantitative estimate of drug-likeness (QED) is 0.360. The number of guanidine groups is 1. The molecule has 1 aromatic carbocycles. The largest absolute Gasteiger partial charge is 0.493 e. The molecule has 0 saturated heterocycles. The van der Waals surface area contributed by atoms with Gasteiger partial charge in [0.25, 0.3) is 0 Å². The molecule has 142 valence electrons. The number of benzene rings is 1. The summed E-state index contributed by atoms with van der Waals surface area (Å²) in [6, 6.07) is 5.50. The topological polar surface area (TPSA) is 98.2 Å². The second kappa shape index (κ2) is 10.8. The standard InChI is InChI=1S/C16H27N3O5S/c1-5-24-15-12-13(6-7-14(15)22-3)19-16(17-2)18-8-9-23-10-11-25(4,20)21/h6-7,12H,5,8-11H2,1-4H3,(H2,17,18,19). The molecule has 0 fully saturated rings. The number of hydrogen-bond donors (Lipinski definition) is 2. The Bertz CT molecular complexity index is 662. The maximum absolute atomic E-state index is 11.0. The third kappa shape index (κ3) is 8.59. The van der Waals surface area contributed by atoms with Crippen molar-refractivity contribution >= 4 is 21.5 Å². The minimum absolute atomic E-state index is 0.0199. The van der Waals surface area contributed by atoms with Gasteiger partial charge in [0.1, 0.15) is 9.84 Å². The van der Waals surface area contributed by atoms with Crippen molar-refractivity contribution < 1.29 is 22.6 Å². The van der Waals surface area contributed by atoms with Gasteiger partial charge in [-0.1, -0.05) is 0 Å². The van der Waals surface area contributed by atoms with E-state index in [1.54, 1.807) is 14.2 Å². The Hall–Kier alpha value is -2.00. The molecule has 1 rings (SSSR count). The zero-order chi connectivity index (χ0) is 18.7. The smallest absolute Gasteiger partial charge is 0.195 e. The van der Waals surface area contributed by atoms with E-state index in [1.165, 1.54) is 6.26 Å². The number of methoxy groups -OCH3 is 1. The fraction of sp³-hybridized carbons (Fsp3) is 0.562. The Morgan fingerprint density at radius 3 is 2.60 bits per heavy atom. The van der Waals surface area contributed by atoms with Crippen LogP contribution in [0.15, 0.2) is 23.2 Å². The fourth-order valence-corrected chi connectivity index (χ4v) is 2.31. The number of hydrogen-bond acceptors (Lipinski definition) is 6. The lowest BCUT2D eigenvalue weighted by Gasteiger charge is -2.14. The third-order valence-electron chi connectivity index (χ3n) is 3.09. The van der Waals surface area contributed by atoms with E-state index in [4.69, 9.17) is 14.2 Å². The van der Waals surface area contributed by atoms with Gasteiger partial charge in [0.15, 0.2) is 17.5 Å². The highest BCUT2D eigenvalue weighted by Crippen LogP contribution is 2.30. The van der Waals surface area contributed by atoms with Crippen LogP contribution in [0.5, 0.6) is 11.5 Å². The lowest BCUT2D eigenvalue weighted by molar-refractivity contribution is 0.154. The Labute approximate surface area is 149 Å². The van der Waals surface area contributed by atoms with E-state index in [0.717, 1.165) is 5.69 Å². The van der Waals surface area contributed by atoms with Crippen molar-refractivity contribution in [1.29, 1.82) is 0 Å². The van der Waals surface area contributed by atoms with Crippen LogP contribution in [-0.4, -0.2) is 66.9 Å². The van der Waals surface area contributed by atoms with E-state index in [0.29, 0.717) is 37.2 Å². The van der Waals surface area contributed by atoms with Gasteiger partial charge < -0.3 is 24.8 Å². The number of rotatable bonds is 10. The van der Waals surface area contributed by atoms with Crippen LogP contribution >= 0.6 is 0 Å². The van der Waals surface area contributed by atoms with Crippen molar-refractivity contribution in [3.8, 4) is 11.5 Å². The number of nitrogens with zero attached hydrogens (tertiary/aromatic N) is 1. The van der Waals surface area contributed by atoms with Crippen molar-refractivity contribution in [2.45, 2.75) is 6.92 Å². The van der Waals surface area contributed by atoms with Gasteiger partial charge in [-0.05, 0) is 19.1 Å². The second-order valence-corrected chi connectivity index (χ2v) is 7.42. The predicted octanol–water partition coefficient (Wildman–Crippen LogP) is 1.14. The molecule has 2 N–H and O–H groups in total. The van der Waals surface area contributed by atoms with E-state index >= 15 is 0 Å². The first-order chi connectivity index (χ1) is 11.9. The van der Waals surface area contributed by atoms with Gasteiger partial charge in [0, 0.05) is 31.6 Å². The number of ether oxygens (including phenoxy) is 3. The highest BCUT2D eigenvalue weighted by atomic mass is 32.2. The Morgan fingerprint density at radius 2 is 2.00 bits per heavy atom. The first-order valence-corrected chi connectivity index (χ1v) is 9.99. The van der Waals surface area contributed by atoms with Crippen molar-refractivity contribution in [3.05, 3.63) is 18.2 Å². The lowest BCUT2D eigenvalue weighted by atomic mass is 10.2. The second-order valence-electron chi connectivity index (χ2n) is 5.16. The summed E-state index contributed by atoms with van der Waals surface area (Å²) in [6.07, 6.45) is 1.19. The number of sulfone groups is 1. The molecule has 0 amide bonds. The molecule has 9 heteroatoms. The molecule has 0 heterocycles. The molecule has 0 unspecified atom stereocenters. The summed E-state index contributed by atoms with van der Waals surface area (Å²) in [7, 11) is 0.261. The third-order valence-corrected chi connectivity index (χ3v) is 4.00. The van der Waals surface area contributed by atoms with Crippen LogP contribution < -0.4 is 20.1 Å². The summed E-state index contributed by atoms with van der Waals surface area (Å²) in [4.78, 5) is 4.13. The zero-order valence-corrected chi connectivity index (χ0v) is 16.0. The average Bonchev–Trinajstić information content (AvgIpc) is 2.56. The summed E-state index contributed by atoms with van der Waals surface area (Å²) in [5, 5.41) is 6.23. The lowest BCUT2D eigenvalue weighted by Crippen LogP contribution is -2.33. The van der Waals surface area contributed by atoms with E-state index in [9.17, 15) is 8.42 Å². The Balaban J connectivity index is 2.47. The van der Waals surface area contributed by atoms with Crippen LogP contribution in [0.3, 0.4) is 0 Å². The Morgan fingerprint density at radius 1 is 1.24 bits per heavy atom. The number of aliphatic imine (C=N–C) groups is 1. The molecule has 1 aromatic rings. The maximum atomic E-state index is 11.0. The molecule has 0 saturated carbocycles. The normalized spacial score (nSPS) is 11.9. The van der Waals surface area contributed by atoms with Gasteiger partial charge in [-0.25, -0.2) is 8.42 Å². The van der Waals surface area contributed by atoms with E-state index < -0.39 is 9.84 Å². The maximum Gasteiger partial charge on any atom is 0.195 e.